The van der Waals surface area contributed by atoms with Crippen LogP contribution in [0.15, 0.2) is 0 Å². The normalized spacial score (nSPS) is 56.2. The fourth-order valence-corrected chi connectivity index (χ4v) is 7.25. The van der Waals surface area contributed by atoms with E-state index < -0.39 is 11.5 Å². The van der Waals surface area contributed by atoms with Crippen LogP contribution in [0.25, 0.3) is 0 Å². The van der Waals surface area contributed by atoms with Crippen molar-refractivity contribution in [1.29, 1.82) is 0 Å². The van der Waals surface area contributed by atoms with Crippen LogP contribution in [-0.2, 0) is 9.53 Å². The molecule has 0 heterocycles. The first-order chi connectivity index (χ1) is 11.6. The van der Waals surface area contributed by atoms with Crippen LogP contribution in [0.4, 0.5) is 0 Å². The van der Waals surface area contributed by atoms with Crippen LogP contribution in [0.5, 0.6) is 0 Å². The highest BCUT2D eigenvalue weighted by molar-refractivity contribution is 5.87. The van der Waals surface area contributed by atoms with Gasteiger partial charge in [-0.2, -0.15) is 0 Å². The number of rotatable bonds is 2. The Labute approximate surface area is 153 Å². The Hall–Kier alpha value is -0.410. The average Bonchev–Trinajstić information content (AvgIpc) is 2.89. The standard InChI is InChI=1S/C22H38O3/c1-8-20(5)12-16(23)21(6)14(3)9-10-22(15(4)19(20)24)11-13(2)17(25-7)18(21)22/h13-18,23H,8-12H2,1-7H3/t13-,14?,15?,16-,17-,18?,20-,21+,22?/m1/s1. The number of ether oxygens (including phenoxy) is 1. The van der Waals surface area contributed by atoms with Gasteiger partial charge in [0.25, 0.3) is 0 Å². The molecule has 0 aromatic heterocycles. The molecule has 3 aliphatic rings. The van der Waals surface area contributed by atoms with E-state index in [4.69, 9.17) is 4.74 Å². The van der Waals surface area contributed by atoms with Gasteiger partial charge in [0.2, 0.25) is 0 Å². The van der Waals surface area contributed by atoms with Gasteiger partial charge in [-0.25, -0.2) is 0 Å². The molecule has 2 bridgehead atoms. The van der Waals surface area contributed by atoms with E-state index in [9.17, 15) is 9.90 Å². The molecule has 0 aromatic carbocycles. The second kappa shape index (κ2) is 6.05. The van der Waals surface area contributed by atoms with Gasteiger partial charge in [-0.3, -0.25) is 4.79 Å². The third-order valence-corrected chi connectivity index (χ3v) is 9.25. The molecule has 3 fully saturated rings. The van der Waals surface area contributed by atoms with E-state index in [-0.39, 0.29) is 28.8 Å². The first-order valence-electron chi connectivity index (χ1n) is 10.3. The number of carbonyl (C=O) groups is 1. The molecule has 3 aliphatic carbocycles. The molecular weight excluding hydrogens is 312 g/mol. The van der Waals surface area contributed by atoms with E-state index >= 15 is 0 Å². The molecule has 0 spiro atoms. The summed E-state index contributed by atoms with van der Waals surface area (Å²) in [5, 5.41) is 11.5. The predicted octanol–water partition coefficient (Wildman–Crippen LogP) is 4.47. The van der Waals surface area contributed by atoms with Crippen LogP contribution < -0.4 is 0 Å². The van der Waals surface area contributed by atoms with Crippen LogP contribution in [0.2, 0.25) is 0 Å². The topological polar surface area (TPSA) is 46.5 Å². The second-order valence-electron chi connectivity index (χ2n) is 10.1. The van der Waals surface area contributed by atoms with Gasteiger partial charge in [-0.05, 0) is 55.3 Å². The molecular formula is C22H38O3. The molecule has 9 atom stereocenters. The fraction of sp³-hybridized carbons (Fsp3) is 0.955. The van der Waals surface area contributed by atoms with Gasteiger partial charge < -0.3 is 9.84 Å². The Bertz CT molecular complexity index is 545. The van der Waals surface area contributed by atoms with Gasteiger partial charge in [0.15, 0.2) is 0 Å². The summed E-state index contributed by atoms with van der Waals surface area (Å²) >= 11 is 0. The van der Waals surface area contributed by atoms with Gasteiger partial charge >= 0.3 is 0 Å². The summed E-state index contributed by atoms with van der Waals surface area (Å²) in [5.74, 6) is 1.57. The SMILES string of the molecule is CC[C@]1(C)C[C@@H](O)[C@]2(C)C(C)CCC3(C[C@@H](C)[C@@H](OC)C32)C(C)C1=O. The van der Waals surface area contributed by atoms with Crippen molar-refractivity contribution in [3.63, 3.8) is 0 Å². The van der Waals surface area contributed by atoms with Gasteiger partial charge in [0.05, 0.1) is 12.2 Å². The lowest BCUT2D eigenvalue weighted by Crippen LogP contribution is -2.62. The van der Waals surface area contributed by atoms with Crippen LogP contribution in [0, 0.1) is 39.9 Å². The Morgan fingerprint density at radius 2 is 1.84 bits per heavy atom. The first-order valence-corrected chi connectivity index (χ1v) is 10.3. The predicted molar refractivity (Wildman–Crippen MR) is 100 cm³/mol. The number of aliphatic hydroxyl groups is 1. The van der Waals surface area contributed by atoms with E-state index in [0.29, 0.717) is 24.0 Å². The number of carbonyl (C=O) groups excluding carboxylic acids is 1. The van der Waals surface area contributed by atoms with E-state index in [1.807, 2.05) is 7.11 Å². The highest BCUT2D eigenvalue weighted by Gasteiger charge is 2.68. The van der Waals surface area contributed by atoms with Crippen molar-refractivity contribution < 1.29 is 14.6 Å². The number of methoxy groups -OCH3 is 1. The van der Waals surface area contributed by atoms with Crippen molar-refractivity contribution in [3.05, 3.63) is 0 Å². The van der Waals surface area contributed by atoms with E-state index in [1.54, 1.807) is 0 Å². The van der Waals surface area contributed by atoms with E-state index in [1.165, 1.54) is 0 Å². The number of aliphatic hydroxyl groups excluding tert-OH is 1. The molecule has 3 saturated carbocycles. The molecule has 144 valence electrons. The van der Waals surface area contributed by atoms with Crippen LogP contribution in [-0.4, -0.2) is 30.2 Å². The zero-order chi connectivity index (χ0) is 18.8. The molecule has 4 unspecified atom stereocenters. The van der Waals surface area contributed by atoms with Crippen molar-refractivity contribution >= 4 is 5.78 Å². The molecule has 0 aliphatic heterocycles. The highest BCUT2D eigenvalue weighted by atomic mass is 16.5. The molecule has 0 radical (unpaired) electrons. The Balaban J connectivity index is 2.22. The first kappa shape index (κ1) is 19.4. The summed E-state index contributed by atoms with van der Waals surface area (Å²) in [6, 6.07) is 0. The van der Waals surface area contributed by atoms with Gasteiger partial charge in [0, 0.05) is 23.9 Å². The fourth-order valence-electron chi connectivity index (χ4n) is 7.25. The zero-order valence-electron chi connectivity index (χ0n) is 17.3. The quantitative estimate of drug-likeness (QED) is 0.799. The summed E-state index contributed by atoms with van der Waals surface area (Å²) in [7, 11) is 1.82. The monoisotopic (exact) mass is 350 g/mol. The molecule has 0 aromatic rings. The molecule has 25 heavy (non-hydrogen) atoms. The molecule has 0 amide bonds. The van der Waals surface area contributed by atoms with Gasteiger partial charge in [0.1, 0.15) is 5.78 Å². The summed E-state index contributed by atoms with van der Waals surface area (Å²) in [6.07, 6.45) is 4.34. The summed E-state index contributed by atoms with van der Waals surface area (Å²) in [4.78, 5) is 13.6. The van der Waals surface area contributed by atoms with Crippen molar-refractivity contribution in [2.75, 3.05) is 7.11 Å². The minimum atomic E-state index is -0.448. The summed E-state index contributed by atoms with van der Waals surface area (Å²) in [5.41, 5.74) is -0.616. The Morgan fingerprint density at radius 3 is 2.40 bits per heavy atom. The largest absolute Gasteiger partial charge is 0.393 e. The molecule has 3 rings (SSSR count). The zero-order valence-corrected chi connectivity index (χ0v) is 17.3. The average molecular weight is 351 g/mol. The maximum atomic E-state index is 13.6. The smallest absolute Gasteiger partial charge is 0.142 e. The number of hydrogen-bond donors (Lipinski definition) is 1. The molecule has 3 heteroatoms. The van der Waals surface area contributed by atoms with Crippen LogP contribution >= 0.6 is 0 Å². The molecule has 1 N–H and O–H groups in total. The van der Waals surface area contributed by atoms with Crippen LogP contribution in [0.3, 0.4) is 0 Å². The molecule has 0 saturated heterocycles. The number of Topliss-reactive ketones (excluding diaryl/α,β-unsaturated/α-hetero) is 1. The Kier molecular flexibility index (Phi) is 4.69. The minimum Gasteiger partial charge on any atom is -0.393 e. The lowest BCUT2D eigenvalue weighted by Gasteiger charge is -2.61. The maximum Gasteiger partial charge on any atom is 0.142 e. The lowest BCUT2D eigenvalue weighted by atomic mass is 9.44. The third kappa shape index (κ3) is 2.34. The molecule has 3 nitrogen and oxygen atoms in total. The Morgan fingerprint density at radius 1 is 1.20 bits per heavy atom. The third-order valence-electron chi connectivity index (χ3n) is 9.25. The van der Waals surface area contributed by atoms with Crippen molar-refractivity contribution in [2.45, 2.75) is 85.9 Å². The number of ketones is 1. The van der Waals surface area contributed by atoms with Crippen molar-refractivity contribution in [2.24, 2.45) is 39.9 Å². The van der Waals surface area contributed by atoms with Crippen molar-refractivity contribution in [3.8, 4) is 0 Å². The van der Waals surface area contributed by atoms with E-state index in [0.717, 1.165) is 25.7 Å². The highest BCUT2D eigenvalue weighted by Crippen LogP contribution is 2.69. The van der Waals surface area contributed by atoms with Gasteiger partial charge in [-0.1, -0.05) is 41.5 Å². The van der Waals surface area contributed by atoms with E-state index in [2.05, 4.69) is 41.5 Å². The summed E-state index contributed by atoms with van der Waals surface area (Å²) < 4.78 is 6.02. The van der Waals surface area contributed by atoms with Crippen LogP contribution in [0.1, 0.15) is 73.6 Å². The minimum absolute atomic E-state index is 0.0176. The number of hydrogen-bond acceptors (Lipinski definition) is 3. The van der Waals surface area contributed by atoms with Gasteiger partial charge in [-0.15, -0.1) is 0 Å². The summed E-state index contributed by atoms with van der Waals surface area (Å²) in [6.45, 7) is 13.2. The second-order valence-corrected chi connectivity index (χ2v) is 10.1. The maximum absolute atomic E-state index is 13.6. The van der Waals surface area contributed by atoms with Crippen molar-refractivity contribution in [1.82, 2.24) is 0 Å². The lowest BCUT2D eigenvalue weighted by molar-refractivity contribution is -0.192.